The molecule has 1 saturated heterocycles. The molecule has 1 aromatic rings. The van der Waals surface area contributed by atoms with E-state index in [9.17, 15) is 0 Å². The predicted octanol–water partition coefficient (Wildman–Crippen LogP) is 2.51. The van der Waals surface area contributed by atoms with Crippen molar-refractivity contribution in [3.8, 4) is 0 Å². The highest BCUT2D eigenvalue weighted by atomic mass is 15.2. The second kappa shape index (κ2) is 5.19. The average molecular weight is 232 g/mol. The lowest BCUT2D eigenvalue weighted by Crippen LogP contribution is -2.53. The normalized spacial score (nSPS) is 24.8. The van der Waals surface area contributed by atoms with Crippen LogP contribution in [-0.4, -0.2) is 31.1 Å². The molecule has 1 aromatic carbocycles. The van der Waals surface area contributed by atoms with E-state index in [2.05, 4.69) is 61.4 Å². The first-order valence-corrected chi connectivity index (χ1v) is 6.55. The van der Waals surface area contributed by atoms with E-state index in [1.807, 2.05) is 0 Å². The van der Waals surface area contributed by atoms with E-state index in [-0.39, 0.29) is 0 Å². The zero-order chi connectivity index (χ0) is 12.3. The molecule has 0 aliphatic carbocycles. The maximum absolute atomic E-state index is 3.47. The summed E-state index contributed by atoms with van der Waals surface area (Å²) in [7, 11) is 2.08. The fraction of sp³-hybridized carbons (Fsp3) is 0.600. The zero-order valence-corrected chi connectivity index (χ0v) is 11.2. The third kappa shape index (κ3) is 3.08. The summed E-state index contributed by atoms with van der Waals surface area (Å²) in [5.74, 6) is 0. The van der Waals surface area contributed by atoms with Crippen LogP contribution in [0.1, 0.15) is 25.8 Å². The van der Waals surface area contributed by atoms with Crippen LogP contribution in [0, 0.1) is 5.41 Å². The zero-order valence-electron chi connectivity index (χ0n) is 11.2. The second-order valence-corrected chi connectivity index (χ2v) is 5.80. The first-order chi connectivity index (χ1) is 8.12. The van der Waals surface area contributed by atoms with Gasteiger partial charge >= 0.3 is 0 Å². The van der Waals surface area contributed by atoms with Gasteiger partial charge in [0.2, 0.25) is 0 Å². The van der Waals surface area contributed by atoms with Crippen molar-refractivity contribution in [2.45, 2.75) is 32.9 Å². The molecule has 1 heterocycles. The van der Waals surface area contributed by atoms with Gasteiger partial charge in [0, 0.05) is 19.1 Å². The minimum Gasteiger partial charge on any atom is -0.315 e. The van der Waals surface area contributed by atoms with Crippen LogP contribution >= 0.6 is 0 Å². The average Bonchev–Trinajstić information content (AvgIpc) is 2.33. The minimum absolute atomic E-state index is 0.419. The summed E-state index contributed by atoms with van der Waals surface area (Å²) in [4.78, 5) is 2.56. The topological polar surface area (TPSA) is 15.3 Å². The first-order valence-electron chi connectivity index (χ1n) is 6.55. The number of piperidine rings is 1. The van der Waals surface area contributed by atoms with Crippen molar-refractivity contribution in [2.75, 3.05) is 20.1 Å². The van der Waals surface area contributed by atoms with Crippen LogP contribution in [0.3, 0.4) is 0 Å². The molecule has 0 bridgehead atoms. The van der Waals surface area contributed by atoms with Gasteiger partial charge < -0.3 is 5.32 Å². The number of hydrogen-bond donors (Lipinski definition) is 1. The largest absolute Gasteiger partial charge is 0.315 e. The highest BCUT2D eigenvalue weighted by molar-refractivity contribution is 5.14. The smallest absolute Gasteiger partial charge is 0.0243 e. The van der Waals surface area contributed by atoms with Crippen molar-refractivity contribution >= 4 is 0 Å². The molecule has 94 valence electrons. The Morgan fingerprint density at radius 3 is 2.65 bits per heavy atom. The Bertz CT molecular complexity index is 345. The molecule has 2 rings (SSSR count). The summed E-state index contributed by atoms with van der Waals surface area (Å²) in [5, 5.41) is 3.47. The van der Waals surface area contributed by atoms with Crippen molar-refractivity contribution in [1.29, 1.82) is 0 Å². The number of rotatable bonds is 3. The van der Waals surface area contributed by atoms with Crippen LogP contribution in [0.5, 0.6) is 0 Å². The quantitative estimate of drug-likeness (QED) is 0.861. The first kappa shape index (κ1) is 12.6. The number of likely N-dealkylation sites (tertiary alicyclic amines) is 1. The van der Waals surface area contributed by atoms with Gasteiger partial charge in [-0.25, -0.2) is 0 Å². The van der Waals surface area contributed by atoms with E-state index in [1.54, 1.807) is 0 Å². The third-order valence-corrected chi connectivity index (χ3v) is 4.05. The van der Waals surface area contributed by atoms with Crippen LogP contribution in [0.4, 0.5) is 0 Å². The summed E-state index contributed by atoms with van der Waals surface area (Å²) >= 11 is 0. The molecule has 2 heteroatoms. The Kier molecular flexibility index (Phi) is 3.85. The molecular formula is C15H24N2. The van der Waals surface area contributed by atoms with Crippen LogP contribution < -0.4 is 5.32 Å². The number of nitrogens with zero attached hydrogens (tertiary/aromatic N) is 1. The van der Waals surface area contributed by atoms with Gasteiger partial charge in [-0.3, -0.25) is 4.90 Å². The Hall–Kier alpha value is -0.860. The molecule has 1 atom stereocenters. The molecule has 0 spiro atoms. The lowest BCUT2D eigenvalue weighted by atomic mass is 9.78. The summed E-state index contributed by atoms with van der Waals surface area (Å²) in [6.07, 6.45) is 1.27. The van der Waals surface area contributed by atoms with Crippen molar-refractivity contribution in [3.05, 3.63) is 35.9 Å². The molecular weight excluding hydrogens is 208 g/mol. The predicted molar refractivity (Wildman–Crippen MR) is 73.0 cm³/mol. The highest BCUT2D eigenvalue weighted by Gasteiger charge is 2.34. The number of likely N-dealkylation sites (N-methyl/N-ethyl adjacent to an activating group) is 1. The van der Waals surface area contributed by atoms with E-state index < -0.39 is 0 Å². The highest BCUT2D eigenvalue weighted by Crippen LogP contribution is 2.30. The maximum Gasteiger partial charge on any atom is 0.0243 e. The van der Waals surface area contributed by atoms with Crippen molar-refractivity contribution in [2.24, 2.45) is 5.41 Å². The molecule has 0 radical (unpaired) electrons. The molecule has 1 N–H and O–H groups in total. The van der Waals surface area contributed by atoms with Gasteiger partial charge in [0.1, 0.15) is 0 Å². The van der Waals surface area contributed by atoms with Crippen LogP contribution in [-0.2, 0) is 6.54 Å². The molecule has 17 heavy (non-hydrogen) atoms. The summed E-state index contributed by atoms with van der Waals surface area (Å²) in [6.45, 7) is 8.18. The van der Waals surface area contributed by atoms with Gasteiger partial charge in [0.15, 0.2) is 0 Å². The van der Waals surface area contributed by atoms with Crippen LogP contribution in [0.15, 0.2) is 30.3 Å². The number of benzene rings is 1. The molecule has 1 unspecified atom stereocenters. The molecule has 0 saturated carbocycles. The second-order valence-electron chi connectivity index (χ2n) is 5.80. The maximum atomic E-state index is 3.47. The van der Waals surface area contributed by atoms with Gasteiger partial charge in [0.25, 0.3) is 0 Å². The third-order valence-electron chi connectivity index (χ3n) is 4.05. The van der Waals surface area contributed by atoms with Gasteiger partial charge in [-0.1, -0.05) is 44.2 Å². The fourth-order valence-corrected chi connectivity index (χ4v) is 2.68. The van der Waals surface area contributed by atoms with Crippen LogP contribution in [0.2, 0.25) is 0 Å². The lowest BCUT2D eigenvalue weighted by Gasteiger charge is -2.44. The van der Waals surface area contributed by atoms with E-state index in [0.717, 1.165) is 13.1 Å². The van der Waals surface area contributed by atoms with E-state index >= 15 is 0 Å². The standard InChI is InChI=1S/C15H24N2/c1-15(2)9-10-17(12-14(15)16-3)11-13-7-5-4-6-8-13/h4-8,14,16H,9-12H2,1-3H3. The van der Waals surface area contributed by atoms with E-state index in [0.29, 0.717) is 11.5 Å². The van der Waals surface area contributed by atoms with Crippen molar-refractivity contribution in [3.63, 3.8) is 0 Å². The summed E-state index contributed by atoms with van der Waals surface area (Å²) in [6, 6.07) is 11.4. The SMILES string of the molecule is CNC1CN(Cc2ccccc2)CCC1(C)C. The van der Waals surface area contributed by atoms with Crippen molar-refractivity contribution < 1.29 is 0 Å². The minimum atomic E-state index is 0.419. The van der Waals surface area contributed by atoms with Crippen LogP contribution in [0.25, 0.3) is 0 Å². The molecule has 1 aliphatic rings. The Morgan fingerprint density at radius 1 is 1.29 bits per heavy atom. The molecule has 0 amide bonds. The molecule has 1 aliphatic heterocycles. The molecule has 0 aromatic heterocycles. The van der Waals surface area contributed by atoms with Gasteiger partial charge in [0.05, 0.1) is 0 Å². The molecule has 1 fully saturated rings. The van der Waals surface area contributed by atoms with Crippen molar-refractivity contribution in [1.82, 2.24) is 10.2 Å². The Morgan fingerprint density at radius 2 is 2.00 bits per heavy atom. The monoisotopic (exact) mass is 232 g/mol. The lowest BCUT2D eigenvalue weighted by molar-refractivity contribution is 0.0850. The Balaban J connectivity index is 1.96. The Labute approximate surface area is 105 Å². The number of nitrogens with one attached hydrogen (secondary N) is 1. The van der Waals surface area contributed by atoms with E-state index in [1.165, 1.54) is 18.5 Å². The van der Waals surface area contributed by atoms with Gasteiger partial charge in [-0.15, -0.1) is 0 Å². The fourth-order valence-electron chi connectivity index (χ4n) is 2.68. The summed E-state index contributed by atoms with van der Waals surface area (Å²) in [5.41, 5.74) is 1.84. The number of hydrogen-bond acceptors (Lipinski definition) is 2. The van der Waals surface area contributed by atoms with Gasteiger partial charge in [-0.05, 0) is 31.0 Å². The summed E-state index contributed by atoms with van der Waals surface area (Å²) < 4.78 is 0. The van der Waals surface area contributed by atoms with E-state index in [4.69, 9.17) is 0 Å². The van der Waals surface area contributed by atoms with Gasteiger partial charge in [-0.2, -0.15) is 0 Å². The molecule has 2 nitrogen and oxygen atoms in total.